The second kappa shape index (κ2) is 6.68. The van der Waals surface area contributed by atoms with Crippen LogP contribution >= 0.6 is 11.8 Å². The molecular weight excluding hydrogens is 264 g/mol. The molecule has 0 bridgehead atoms. The van der Waals surface area contributed by atoms with E-state index >= 15 is 0 Å². The predicted octanol–water partition coefficient (Wildman–Crippen LogP) is 0.876. The van der Waals surface area contributed by atoms with E-state index in [4.69, 9.17) is 0 Å². The van der Waals surface area contributed by atoms with E-state index in [1.807, 2.05) is 11.8 Å². The van der Waals surface area contributed by atoms with Gasteiger partial charge >= 0.3 is 0 Å². The quantitative estimate of drug-likeness (QED) is 0.764. The van der Waals surface area contributed by atoms with Crippen molar-refractivity contribution in [2.45, 2.75) is 0 Å². The molecule has 5 nitrogen and oxygen atoms in total. The Morgan fingerprint density at radius 2 is 1.89 bits per heavy atom. The molecule has 1 fully saturated rings. The zero-order valence-electron chi connectivity index (χ0n) is 10.6. The number of thioether (sulfide) groups is 1. The summed E-state index contributed by atoms with van der Waals surface area (Å²) in [6, 6.07) is 4.26. The highest BCUT2D eigenvalue weighted by molar-refractivity contribution is 7.99. The number of phenolic OH excluding ortho intramolecular Hbond substituents is 2. The van der Waals surface area contributed by atoms with Gasteiger partial charge in [0.15, 0.2) is 0 Å². The minimum absolute atomic E-state index is 0.0586. The van der Waals surface area contributed by atoms with Crippen LogP contribution in [0.25, 0.3) is 0 Å². The van der Waals surface area contributed by atoms with Crippen LogP contribution < -0.4 is 5.32 Å². The number of amides is 1. The summed E-state index contributed by atoms with van der Waals surface area (Å²) in [6.07, 6.45) is 0. The molecule has 1 amide bonds. The highest BCUT2D eigenvalue weighted by Gasteiger charge is 2.16. The number of hydrogen-bond acceptors (Lipinski definition) is 5. The Labute approximate surface area is 116 Å². The smallest absolute Gasteiger partial charge is 0.258 e. The van der Waals surface area contributed by atoms with E-state index in [1.165, 1.54) is 18.2 Å². The van der Waals surface area contributed by atoms with Gasteiger partial charge in [-0.1, -0.05) is 6.07 Å². The van der Waals surface area contributed by atoms with Crippen molar-refractivity contribution in [3.63, 3.8) is 0 Å². The van der Waals surface area contributed by atoms with Crippen LogP contribution in [0.3, 0.4) is 0 Å². The summed E-state index contributed by atoms with van der Waals surface area (Å²) in [5.41, 5.74) is -0.0586. The van der Waals surface area contributed by atoms with Crippen LogP contribution in [0.5, 0.6) is 11.5 Å². The molecule has 1 saturated heterocycles. The molecule has 1 aromatic carbocycles. The van der Waals surface area contributed by atoms with Crippen molar-refractivity contribution in [3.8, 4) is 11.5 Å². The van der Waals surface area contributed by atoms with E-state index in [-0.39, 0.29) is 17.1 Å². The maximum Gasteiger partial charge on any atom is 0.258 e. The normalized spacial score (nSPS) is 16.2. The zero-order chi connectivity index (χ0) is 13.7. The van der Waals surface area contributed by atoms with Gasteiger partial charge in [-0.2, -0.15) is 11.8 Å². The minimum Gasteiger partial charge on any atom is -0.507 e. The zero-order valence-corrected chi connectivity index (χ0v) is 11.4. The molecular formula is C13H18N2O3S. The first-order valence-corrected chi connectivity index (χ1v) is 7.43. The summed E-state index contributed by atoms with van der Waals surface area (Å²) in [7, 11) is 0. The Kier molecular flexibility index (Phi) is 4.93. The largest absolute Gasteiger partial charge is 0.507 e. The molecule has 1 aromatic rings. The summed E-state index contributed by atoms with van der Waals surface area (Å²) in [5, 5.41) is 21.9. The number of phenols is 2. The summed E-state index contributed by atoms with van der Waals surface area (Å²) >= 11 is 1.94. The summed E-state index contributed by atoms with van der Waals surface area (Å²) in [4.78, 5) is 14.2. The fourth-order valence-electron chi connectivity index (χ4n) is 2.00. The van der Waals surface area contributed by atoms with Crippen molar-refractivity contribution >= 4 is 17.7 Å². The lowest BCUT2D eigenvalue weighted by molar-refractivity contribution is 0.0943. The van der Waals surface area contributed by atoms with Gasteiger partial charge in [-0.15, -0.1) is 0 Å². The molecule has 0 aromatic heterocycles. The van der Waals surface area contributed by atoms with E-state index in [0.717, 1.165) is 31.1 Å². The van der Waals surface area contributed by atoms with Gasteiger partial charge in [-0.25, -0.2) is 0 Å². The topological polar surface area (TPSA) is 72.8 Å². The molecule has 1 aliphatic heterocycles. The first-order valence-electron chi connectivity index (χ1n) is 6.27. The number of rotatable bonds is 4. The standard InChI is InChI=1S/C13H18N2O3S/c16-10-2-1-3-11(17)12(10)13(18)14-4-5-15-6-8-19-9-7-15/h1-3,16-17H,4-9H2,(H,14,18). The number of nitrogens with one attached hydrogen (secondary N) is 1. The maximum atomic E-state index is 11.9. The van der Waals surface area contributed by atoms with Crippen molar-refractivity contribution in [3.05, 3.63) is 23.8 Å². The molecule has 1 aliphatic rings. The van der Waals surface area contributed by atoms with Gasteiger partial charge in [-0.05, 0) is 12.1 Å². The average Bonchev–Trinajstić information content (AvgIpc) is 2.40. The van der Waals surface area contributed by atoms with Gasteiger partial charge in [0.05, 0.1) is 0 Å². The number of nitrogens with zero attached hydrogens (tertiary/aromatic N) is 1. The molecule has 2 rings (SSSR count). The van der Waals surface area contributed by atoms with Gasteiger partial charge in [-0.3, -0.25) is 9.69 Å². The third-order valence-corrected chi connectivity index (χ3v) is 4.01. The Morgan fingerprint density at radius 3 is 2.53 bits per heavy atom. The Balaban J connectivity index is 1.84. The Hall–Kier alpha value is -1.40. The first kappa shape index (κ1) is 14.0. The minimum atomic E-state index is -0.443. The van der Waals surface area contributed by atoms with Crippen LogP contribution in [0.1, 0.15) is 10.4 Å². The molecule has 0 atom stereocenters. The van der Waals surface area contributed by atoms with E-state index in [2.05, 4.69) is 10.2 Å². The first-order chi connectivity index (χ1) is 9.18. The summed E-state index contributed by atoms with van der Waals surface area (Å²) in [5.74, 6) is 1.42. The van der Waals surface area contributed by atoms with Crippen LogP contribution in [0.15, 0.2) is 18.2 Å². The van der Waals surface area contributed by atoms with Crippen molar-refractivity contribution in [1.29, 1.82) is 0 Å². The highest BCUT2D eigenvalue weighted by atomic mass is 32.2. The number of carbonyl (C=O) groups is 1. The molecule has 3 N–H and O–H groups in total. The predicted molar refractivity (Wildman–Crippen MR) is 75.9 cm³/mol. The summed E-state index contributed by atoms with van der Waals surface area (Å²) in [6.45, 7) is 3.39. The number of benzene rings is 1. The van der Waals surface area contributed by atoms with Gasteiger partial charge < -0.3 is 15.5 Å². The second-order valence-electron chi connectivity index (χ2n) is 4.38. The second-order valence-corrected chi connectivity index (χ2v) is 5.61. The number of aromatic hydroxyl groups is 2. The van der Waals surface area contributed by atoms with Crippen LogP contribution in [0.2, 0.25) is 0 Å². The Morgan fingerprint density at radius 1 is 1.26 bits per heavy atom. The van der Waals surface area contributed by atoms with E-state index in [9.17, 15) is 15.0 Å². The van der Waals surface area contributed by atoms with E-state index < -0.39 is 5.91 Å². The average molecular weight is 282 g/mol. The van der Waals surface area contributed by atoms with Gasteiger partial charge in [0.2, 0.25) is 0 Å². The number of hydrogen-bond donors (Lipinski definition) is 3. The number of carbonyl (C=O) groups excluding carboxylic acids is 1. The van der Waals surface area contributed by atoms with Crippen molar-refractivity contribution in [1.82, 2.24) is 10.2 Å². The molecule has 1 heterocycles. The lowest BCUT2D eigenvalue weighted by Crippen LogP contribution is -2.39. The lowest BCUT2D eigenvalue weighted by Gasteiger charge is -2.26. The van der Waals surface area contributed by atoms with E-state index in [0.29, 0.717) is 6.54 Å². The lowest BCUT2D eigenvalue weighted by atomic mass is 10.1. The molecule has 0 radical (unpaired) electrons. The van der Waals surface area contributed by atoms with Gasteiger partial charge in [0.1, 0.15) is 17.1 Å². The van der Waals surface area contributed by atoms with Crippen LogP contribution in [-0.2, 0) is 0 Å². The van der Waals surface area contributed by atoms with Gasteiger partial charge in [0.25, 0.3) is 5.91 Å². The van der Waals surface area contributed by atoms with Crippen molar-refractivity contribution in [2.75, 3.05) is 37.7 Å². The third kappa shape index (κ3) is 3.78. The fraction of sp³-hybridized carbons (Fsp3) is 0.462. The van der Waals surface area contributed by atoms with Crippen LogP contribution in [-0.4, -0.2) is 58.7 Å². The Bertz CT molecular complexity index is 427. The maximum absolute atomic E-state index is 11.9. The van der Waals surface area contributed by atoms with Crippen molar-refractivity contribution < 1.29 is 15.0 Å². The van der Waals surface area contributed by atoms with Crippen LogP contribution in [0.4, 0.5) is 0 Å². The fourth-order valence-corrected chi connectivity index (χ4v) is 2.98. The van der Waals surface area contributed by atoms with Gasteiger partial charge in [0, 0.05) is 37.7 Å². The molecule has 0 aliphatic carbocycles. The third-order valence-electron chi connectivity index (χ3n) is 3.06. The van der Waals surface area contributed by atoms with Crippen LogP contribution in [0, 0.1) is 0 Å². The highest BCUT2D eigenvalue weighted by Crippen LogP contribution is 2.25. The van der Waals surface area contributed by atoms with E-state index in [1.54, 1.807) is 0 Å². The monoisotopic (exact) mass is 282 g/mol. The molecule has 0 saturated carbocycles. The summed E-state index contributed by atoms with van der Waals surface area (Å²) < 4.78 is 0. The van der Waals surface area contributed by atoms with Crippen molar-refractivity contribution in [2.24, 2.45) is 0 Å². The molecule has 0 spiro atoms. The molecule has 6 heteroatoms. The molecule has 104 valence electrons. The SMILES string of the molecule is O=C(NCCN1CCSCC1)c1c(O)cccc1O. The molecule has 0 unspecified atom stereocenters. The molecule has 19 heavy (non-hydrogen) atoms.